The molecule has 0 N–H and O–H groups in total. The molecule has 2 saturated carbocycles. The van der Waals surface area contributed by atoms with E-state index in [0.29, 0.717) is 0 Å². The molecule has 1 spiro atoms. The van der Waals surface area contributed by atoms with Crippen LogP contribution in [0, 0.1) is 5.41 Å². The maximum Gasteiger partial charge on any atom is 0.139 e. The standard InChI is InChI=1S/C60H53NO/c1-56-31-15-16-33-58(56,3)54(41-21-7-9-23-44(41)56)43-36-49-52(53-42-22-8-14-28-51(42)62-55(43)53)40-30-29-37(61-50-27-13-12-26-47(50)57(2)32-17-18-34-59(57,61)4)35-48(40)60(49)45-24-10-5-19-38(45)39-20-6-11-25-46(39)60/h5-14,19-30,35-36,54H,15-18,31-34H2,1-4H3. The van der Waals surface area contributed by atoms with Crippen LogP contribution in [0.1, 0.15) is 129 Å². The summed E-state index contributed by atoms with van der Waals surface area (Å²) in [5.74, 6) is 0.200. The molecule has 5 atom stereocenters. The number of hydrogen-bond donors (Lipinski definition) is 0. The lowest BCUT2D eigenvalue weighted by Gasteiger charge is -2.50. The average molecular weight is 804 g/mol. The van der Waals surface area contributed by atoms with Crippen molar-refractivity contribution in [3.8, 4) is 22.3 Å². The lowest BCUT2D eigenvalue weighted by Crippen LogP contribution is -2.54. The lowest BCUT2D eigenvalue weighted by molar-refractivity contribution is 0.0925. The SMILES string of the molecule is CC12CCCCC1(C)C(c1cc3c(c4c1oc1ccccc14)-c1ccc(N4c5ccccc5C5(C)CCCCC45C)cc1C31c3ccccc3-c3ccccc31)c1ccccc12. The van der Waals surface area contributed by atoms with Crippen LogP contribution in [0.15, 0.2) is 150 Å². The van der Waals surface area contributed by atoms with Crippen LogP contribution >= 0.6 is 0 Å². The molecule has 0 radical (unpaired) electrons. The van der Waals surface area contributed by atoms with E-state index in [9.17, 15) is 0 Å². The third-order valence-electron chi connectivity index (χ3n) is 18.7. The smallest absolute Gasteiger partial charge is 0.139 e. The molecule has 5 aliphatic carbocycles. The van der Waals surface area contributed by atoms with Crippen molar-refractivity contribution in [2.75, 3.05) is 4.90 Å². The van der Waals surface area contributed by atoms with Crippen molar-refractivity contribution in [1.29, 1.82) is 0 Å². The maximum atomic E-state index is 7.32. The highest BCUT2D eigenvalue weighted by atomic mass is 16.3. The van der Waals surface area contributed by atoms with Crippen LogP contribution in [-0.2, 0) is 16.2 Å². The van der Waals surface area contributed by atoms with Crippen LogP contribution in [0.25, 0.3) is 44.2 Å². The number of anilines is 2. The van der Waals surface area contributed by atoms with E-state index in [-0.39, 0.29) is 27.7 Å². The molecule has 0 amide bonds. The van der Waals surface area contributed by atoms with E-state index < -0.39 is 5.41 Å². The number of fused-ring (bicyclic) bond motifs is 20. The molecule has 14 rings (SSSR count). The molecular formula is C60H53NO. The summed E-state index contributed by atoms with van der Waals surface area (Å²) >= 11 is 0. The molecular weight excluding hydrogens is 751 g/mol. The first-order chi connectivity index (χ1) is 30.2. The predicted molar refractivity (Wildman–Crippen MR) is 255 cm³/mol. The fraction of sp³-hybridized carbons (Fsp3) is 0.300. The van der Waals surface area contributed by atoms with E-state index in [1.165, 1.54) is 135 Å². The molecule has 5 unspecified atom stereocenters. The zero-order chi connectivity index (χ0) is 41.4. The molecule has 62 heavy (non-hydrogen) atoms. The van der Waals surface area contributed by atoms with Gasteiger partial charge in [-0.25, -0.2) is 0 Å². The summed E-state index contributed by atoms with van der Waals surface area (Å²) in [7, 11) is 0. The van der Waals surface area contributed by atoms with Crippen LogP contribution in [0.5, 0.6) is 0 Å². The van der Waals surface area contributed by atoms with Crippen LogP contribution in [0.3, 0.4) is 0 Å². The third kappa shape index (κ3) is 3.89. The fourth-order valence-corrected chi connectivity index (χ4v) is 15.5. The molecule has 2 nitrogen and oxygen atoms in total. The van der Waals surface area contributed by atoms with Gasteiger partial charge in [-0.3, -0.25) is 0 Å². The highest BCUT2D eigenvalue weighted by Gasteiger charge is 2.61. The first-order valence-corrected chi connectivity index (χ1v) is 23.6. The topological polar surface area (TPSA) is 16.4 Å². The van der Waals surface area contributed by atoms with Crippen molar-refractivity contribution >= 4 is 33.3 Å². The average Bonchev–Trinajstić information content (AvgIpc) is 4.02. The number of benzene rings is 7. The van der Waals surface area contributed by atoms with Crippen LogP contribution in [0.4, 0.5) is 11.4 Å². The second kappa shape index (κ2) is 11.8. The molecule has 2 heterocycles. The van der Waals surface area contributed by atoms with Crippen molar-refractivity contribution in [2.45, 2.75) is 107 Å². The van der Waals surface area contributed by atoms with Gasteiger partial charge in [0.15, 0.2) is 0 Å². The summed E-state index contributed by atoms with van der Waals surface area (Å²) in [5, 5.41) is 2.50. The van der Waals surface area contributed by atoms with Gasteiger partial charge in [-0.15, -0.1) is 0 Å². The Morgan fingerprint density at radius 1 is 0.500 bits per heavy atom. The Kier molecular flexibility index (Phi) is 6.78. The van der Waals surface area contributed by atoms with E-state index in [4.69, 9.17) is 4.42 Å². The number of nitrogens with zero attached hydrogens (tertiary/aromatic N) is 1. The van der Waals surface area contributed by atoms with E-state index in [1.807, 2.05) is 0 Å². The van der Waals surface area contributed by atoms with Crippen molar-refractivity contribution < 1.29 is 4.42 Å². The fourth-order valence-electron chi connectivity index (χ4n) is 15.5. The van der Waals surface area contributed by atoms with Gasteiger partial charge in [-0.2, -0.15) is 0 Å². The zero-order valence-corrected chi connectivity index (χ0v) is 36.4. The van der Waals surface area contributed by atoms with E-state index in [0.717, 1.165) is 11.2 Å². The molecule has 8 aromatic rings. The van der Waals surface area contributed by atoms with E-state index >= 15 is 0 Å². The van der Waals surface area contributed by atoms with Gasteiger partial charge in [0.1, 0.15) is 11.2 Å². The Balaban J connectivity index is 1.13. The molecule has 1 aliphatic heterocycles. The molecule has 304 valence electrons. The molecule has 2 heteroatoms. The molecule has 0 bridgehead atoms. The Morgan fingerprint density at radius 3 is 1.92 bits per heavy atom. The van der Waals surface area contributed by atoms with Gasteiger partial charge in [-0.1, -0.05) is 162 Å². The van der Waals surface area contributed by atoms with Crippen LogP contribution in [0.2, 0.25) is 0 Å². The van der Waals surface area contributed by atoms with E-state index in [2.05, 4.69) is 178 Å². The maximum absolute atomic E-state index is 7.32. The first-order valence-electron chi connectivity index (χ1n) is 23.6. The largest absolute Gasteiger partial charge is 0.456 e. The highest BCUT2D eigenvalue weighted by molar-refractivity contribution is 6.17. The lowest BCUT2D eigenvalue weighted by atomic mass is 9.54. The van der Waals surface area contributed by atoms with Gasteiger partial charge in [-0.05, 0) is 135 Å². The molecule has 2 fully saturated rings. The van der Waals surface area contributed by atoms with Crippen molar-refractivity contribution in [1.82, 2.24) is 0 Å². The number of rotatable bonds is 2. The number of hydrogen-bond acceptors (Lipinski definition) is 2. The minimum absolute atomic E-state index is 0.0353. The van der Waals surface area contributed by atoms with Gasteiger partial charge in [0.05, 0.1) is 11.0 Å². The Hall–Kier alpha value is -5.86. The van der Waals surface area contributed by atoms with Gasteiger partial charge < -0.3 is 9.32 Å². The quantitative estimate of drug-likeness (QED) is 0.173. The summed E-state index contributed by atoms with van der Waals surface area (Å²) < 4.78 is 7.32. The highest BCUT2D eigenvalue weighted by Crippen LogP contribution is 2.71. The summed E-state index contributed by atoms with van der Waals surface area (Å²) in [6, 6.07) is 56.7. The molecule has 7 aromatic carbocycles. The monoisotopic (exact) mass is 803 g/mol. The Bertz CT molecular complexity index is 3210. The molecule has 1 aromatic heterocycles. The van der Waals surface area contributed by atoms with Gasteiger partial charge in [0.2, 0.25) is 0 Å². The second-order valence-corrected chi connectivity index (χ2v) is 20.9. The van der Waals surface area contributed by atoms with Gasteiger partial charge >= 0.3 is 0 Å². The minimum Gasteiger partial charge on any atom is -0.456 e. The predicted octanol–water partition coefficient (Wildman–Crippen LogP) is 15.7. The zero-order valence-electron chi connectivity index (χ0n) is 36.4. The molecule has 6 aliphatic rings. The Morgan fingerprint density at radius 2 is 1.13 bits per heavy atom. The minimum atomic E-state index is -0.514. The first kappa shape index (κ1) is 35.7. The number of para-hydroxylation sites is 2. The van der Waals surface area contributed by atoms with Crippen LogP contribution < -0.4 is 4.90 Å². The second-order valence-electron chi connectivity index (χ2n) is 20.9. The summed E-state index contributed by atoms with van der Waals surface area (Å²) in [4.78, 5) is 2.78. The normalized spacial score (nSPS) is 28.0. The Labute approximate surface area is 365 Å². The van der Waals surface area contributed by atoms with Gasteiger partial charge in [0, 0.05) is 39.0 Å². The summed E-state index contributed by atoms with van der Waals surface area (Å²) in [6.45, 7) is 10.3. The number of furan rings is 1. The van der Waals surface area contributed by atoms with Crippen molar-refractivity contribution in [3.63, 3.8) is 0 Å². The van der Waals surface area contributed by atoms with E-state index in [1.54, 1.807) is 5.56 Å². The van der Waals surface area contributed by atoms with Crippen LogP contribution in [-0.4, -0.2) is 5.54 Å². The third-order valence-corrected chi connectivity index (χ3v) is 18.7. The van der Waals surface area contributed by atoms with Gasteiger partial charge in [0.25, 0.3) is 0 Å². The van der Waals surface area contributed by atoms with Crippen molar-refractivity contribution in [3.05, 3.63) is 190 Å². The summed E-state index contributed by atoms with van der Waals surface area (Å²) in [5.41, 5.74) is 21.3. The summed E-state index contributed by atoms with van der Waals surface area (Å²) in [6.07, 6.45) is 9.91. The van der Waals surface area contributed by atoms with Crippen molar-refractivity contribution in [2.24, 2.45) is 5.41 Å². The molecule has 0 saturated heterocycles.